The molecule has 1 saturated carbocycles. The zero-order valence-electron chi connectivity index (χ0n) is 16.6. The second-order valence-corrected chi connectivity index (χ2v) is 7.06. The van der Waals surface area contributed by atoms with Crippen LogP contribution >= 0.6 is 0 Å². The lowest BCUT2D eigenvalue weighted by atomic mass is 9.95. The van der Waals surface area contributed by atoms with Crippen LogP contribution in [0, 0.1) is 5.82 Å². The highest BCUT2D eigenvalue weighted by atomic mass is 19.1. The van der Waals surface area contributed by atoms with Gasteiger partial charge in [0.25, 0.3) is 5.91 Å². The molecule has 6 nitrogen and oxygen atoms in total. The van der Waals surface area contributed by atoms with Gasteiger partial charge in [0.2, 0.25) is 5.91 Å². The summed E-state index contributed by atoms with van der Waals surface area (Å²) in [6.45, 7) is 2.64. The average molecular weight is 400 g/mol. The maximum Gasteiger partial charge on any atom is 0.269 e. The zero-order valence-corrected chi connectivity index (χ0v) is 16.6. The van der Waals surface area contributed by atoms with E-state index in [1.54, 1.807) is 30.3 Å². The Kier molecular flexibility index (Phi) is 6.36. The summed E-state index contributed by atoms with van der Waals surface area (Å²) in [4.78, 5) is 25.1. The molecule has 0 radical (unpaired) electrons. The first-order valence-electron chi connectivity index (χ1n) is 9.68. The van der Waals surface area contributed by atoms with E-state index in [4.69, 9.17) is 9.47 Å². The van der Waals surface area contributed by atoms with Crippen molar-refractivity contribution in [2.24, 2.45) is 0 Å². The summed E-state index contributed by atoms with van der Waals surface area (Å²) in [5.41, 5.74) is 5.28. The van der Waals surface area contributed by atoms with E-state index < -0.39 is 11.3 Å². The van der Waals surface area contributed by atoms with Gasteiger partial charge in [0.05, 0.1) is 19.1 Å². The Morgan fingerprint density at radius 3 is 2.41 bits per heavy atom. The van der Waals surface area contributed by atoms with Gasteiger partial charge in [-0.1, -0.05) is 25.5 Å². The standard InChI is InChI=1S/C22H25FN2O4/c1-3-4-13-29-18-10-5-15(14-19(18)28-2)20(26)24-25-21(27)22(11-12-22)16-6-8-17(23)9-7-16/h5-10,14H,3-4,11-13H2,1-2H3,(H,24,26)(H,25,27). The molecule has 2 amide bonds. The van der Waals surface area contributed by atoms with Crippen molar-refractivity contribution in [3.63, 3.8) is 0 Å². The van der Waals surface area contributed by atoms with Crippen LogP contribution in [0.5, 0.6) is 11.5 Å². The fourth-order valence-electron chi connectivity index (χ4n) is 3.10. The van der Waals surface area contributed by atoms with Gasteiger partial charge < -0.3 is 9.47 Å². The smallest absolute Gasteiger partial charge is 0.269 e. The number of nitrogens with one attached hydrogen (secondary N) is 2. The number of hydrazine groups is 1. The van der Waals surface area contributed by atoms with Crippen LogP contribution < -0.4 is 20.3 Å². The Bertz CT molecular complexity index is 879. The highest BCUT2D eigenvalue weighted by Gasteiger charge is 2.51. The molecule has 0 bridgehead atoms. The number of hydrogen-bond acceptors (Lipinski definition) is 4. The van der Waals surface area contributed by atoms with E-state index in [1.165, 1.54) is 19.2 Å². The lowest BCUT2D eigenvalue weighted by molar-refractivity contribution is -0.124. The molecule has 1 aliphatic rings. The summed E-state index contributed by atoms with van der Waals surface area (Å²) in [6.07, 6.45) is 3.24. The average Bonchev–Trinajstić information content (AvgIpc) is 3.54. The fourth-order valence-corrected chi connectivity index (χ4v) is 3.10. The van der Waals surface area contributed by atoms with E-state index in [2.05, 4.69) is 17.8 Å². The lowest BCUT2D eigenvalue weighted by Crippen LogP contribution is -2.46. The van der Waals surface area contributed by atoms with E-state index >= 15 is 0 Å². The third-order valence-corrected chi connectivity index (χ3v) is 5.05. The van der Waals surface area contributed by atoms with Gasteiger partial charge in [0.1, 0.15) is 5.82 Å². The van der Waals surface area contributed by atoms with Crippen molar-refractivity contribution in [3.8, 4) is 11.5 Å². The van der Waals surface area contributed by atoms with E-state index in [1.807, 2.05) is 0 Å². The number of benzene rings is 2. The zero-order chi connectivity index (χ0) is 20.9. The topological polar surface area (TPSA) is 76.7 Å². The summed E-state index contributed by atoms with van der Waals surface area (Å²) >= 11 is 0. The number of rotatable bonds is 8. The molecular formula is C22H25FN2O4. The maximum atomic E-state index is 13.1. The van der Waals surface area contributed by atoms with Crippen molar-refractivity contribution < 1.29 is 23.5 Å². The first-order chi connectivity index (χ1) is 14.0. The summed E-state index contributed by atoms with van der Waals surface area (Å²) in [5, 5.41) is 0. The summed E-state index contributed by atoms with van der Waals surface area (Å²) in [7, 11) is 1.50. The molecule has 2 aromatic rings. The molecule has 0 heterocycles. The molecule has 0 saturated heterocycles. The number of hydrogen-bond donors (Lipinski definition) is 2. The normalized spacial score (nSPS) is 14.0. The molecule has 2 N–H and O–H groups in total. The maximum absolute atomic E-state index is 13.1. The molecule has 0 aliphatic heterocycles. The summed E-state index contributed by atoms with van der Waals surface area (Å²) < 4.78 is 24.1. The number of carbonyl (C=O) groups excluding carboxylic acids is 2. The Balaban J connectivity index is 1.61. The van der Waals surface area contributed by atoms with Gasteiger partial charge in [-0.25, -0.2) is 4.39 Å². The van der Waals surface area contributed by atoms with Crippen LogP contribution in [-0.4, -0.2) is 25.5 Å². The SMILES string of the molecule is CCCCOc1ccc(C(=O)NNC(=O)C2(c3ccc(F)cc3)CC2)cc1OC. The predicted octanol–water partition coefficient (Wildman–Crippen LogP) is 3.51. The Labute approximate surface area is 169 Å². The summed E-state index contributed by atoms with van der Waals surface area (Å²) in [5.74, 6) is -0.121. The van der Waals surface area contributed by atoms with Crippen molar-refractivity contribution in [3.05, 3.63) is 59.4 Å². The number of unbranched alkanes of at least 4 members (excludes halogenated alkanes) is 1. The lowest BCUT2D eigenvalue weighted by Gasteiger charge is -2.17. The second-order valence-electron chi connectivity index (χ2n) is 7.06. The van der Waals surface area contributed by atoms with Gasteiger partial charge in [-0.2, -0.15) is 0 Å². The van der Waals surface area contributed by atoms with Gasteiger partial charge in [-0.05, 0) is 55.2 Å². The number of halogens is 1. The van der Waals surface area contributed by atoms with E-state index in [-0.39, 0.29) is 11.7 Å². The van der Waals surface area contributed by atoms with Gasteiger partial charge in [0, 0.05) is 5.56 Å². The highest BCUT2D eigenvalue weighted by Crippen LogP contribution is 2.48. The number of methoxy groups -OCH3 is 1. The van der Waals surface area contributed by atoms with Crippen LogP contribution in [-0.2, 0) is 10.2 Å². The fraction of sp³-hybridized carbons (Fsp3) is 0.364. The molecule has 0 unspecified atom stereocenters. The van der Waals surface area contributed by atoms with Crippen molar-refractivity contribution in [1.29, 1.82) is 0 Å². The first-order valence-corrected chi connectivity index (χ1v) is 9.68. The van der Waals surface area contributed by atoms with E-state index in [0.717, 1.165) is 18.4 Å². The van der Waals surface area contributed by atoms with Gasteiger partial charge in [-0.3, -0.25) is 20.4 Å². The molecule has 2 aromatic carbocycles. The Morgan fingerprint density at radius 1 is 1.07 bits per heavy atom. The van der Waals surface area contributed by atoms with Crippen molar-refractivity contribution in [1.82, 2.24) is 10.9 Å². The minimum absolute atomic E-state index is 0.316. The van der Waals surface area contributed by atoms with E-state index in [0.29, 0.717) is 36.5 Å². The number of carbonyl (C=O) groups is 2. The molecule has 154 valence electrons. The Morgan fingerprint density at radius 2 is 1.79 bits per heavy atom. The molecule has 29 heavy (non-hydrogen) atoms. The van der Waals surface area contributed by atoms with Crippen LogP contribution in [0.4, 0.5) is 4.39 Å². The Hall–Kier alpha value is -3.09. The molecule has 1 fully saturated rings. The minimum Gasteiger partial charge on any atom is -0.493 e. The van der Waals surface area contributed by atoms with Crippen LogP contribution in [0.2, 0.25) is 0 Å². The molecule has 1 aliphatic carbocycles. The molecule has 3 rings (SSSR count). The highest BCUT2D eigenvalue weighted by molar-refractivity contribution is 5.98. The number of ether oxygens (including phenoxy) is 2. The quantitative estimate of drug-likeness (QED) is 0.525. The number of amides is 2. The monoisotopic (exact) mass is 400 g/mol. The molecule has 7 heteroatoms. The molecule has 0 atom stereocenters. The second kappa shape index (κ2) is 8.94. The molecule has 0 aromatic heterocycles. The van der Waals surface area contributed by atoms with Crippen molar-refractivity contribution in [2.75, 3.05) is 13.7 Å². The van der Waals surface area contributed by atoms with Gasteiger partial charge >= 0.3 is 0 Å². The molecular weight excluding hydrogens is 375 g/mol. The van der Waals surface area contributed by atoms with Crippen LogP contribution in [0.25, 0.3) is 0 Å². The first kappa shape index (κ1) is 20.6. The largest absolute Gasteiger partial charge is 0.493 e. The van der Waals surface area contributed by atoms with Gasteiger partial charge in [-0.15, -0.1) is 0 Å². The van der Waals surface area contributed by atoms with Gasteiger partial charge in [0.15, 0.2) is 11.5 Å². The van der Waals surface area contributed by atoms with E-state index in [9.17, 15) is 14.0 Å². The summed E-state index contributed by atoms with van der Waals surface area (Å²) in [6, 6.07) is 10.7. The predicted molar refractivity (Wildman–Crippen MR) is 106 cm³/mol. The third-order valence-electron chi connectivity index (χ3n) is 5.05. The van der Waals surface area contributed by atoms with Crippen molar-refractivity contribution >= 4 is 11.8 Å². The van der Waals surface area contributed by atoms with Crippen molar-refractivity contribution in [2.45, 2.75) is 38.0 Å². The third kappa shape index (κ3) is 4.67. The molecule has 0 spiro atoms. The minimum atomic E-state index is -0.713. The van der Waals surface area contributed by atoms with Crippen LogP contribution in [0.1, 0.15) is 48.5 Å². The van der Waals surface area contributed by atoms with Crippen LogP contribution in [0.15, 0.2) is 42.5 Å². The van der Waals surface area contributed by atoms with Crippen LogP contribution in [0.3, 0.4) is 0 Å².